The number of hydrogen-bond donors (Lipinski definition) is 1. The molecule has 0 unspecified atom stereocenters. The fourth-order valence-electron chi connectivity index (χ4n) is 3.35. The van der Waals surface area contributed by atoms with Crippen molar-refractivity contribution < 1.29 is 35.8 Å². The van der Waals surface area contributed by atoms with E-state index in [4.69, 9.17) is 14.2 Å². The summed E-state index contributed by atoms with van der Waals surface area (Å²) < 4.78 is 70.2. The minimum absolute atomic E-state index is 0.0305. The molecule has 3 rings (SSSR count). The molecule has 1 N–H and O–H groups in total. The van der Waals surface area contributed by atoms with Crippen LogP contribution in [-0.2, 0) is 24.8 Å². The number of sulfonamides is 2. The van der Waals surface area contributed by atoms with Crippen LogP contribution in [0.5, 0.6) is 17.2 Å². The summed E-state index contributed by atoms with van der Waals surface area (Å²) in [6, 6.07) is 8.22. The van der Waals surface area contributed by atoms with Gasteiger partial charge in [0.05, 0.1) is 43.9 Å². The van der Waals surface area contributed by atoms with Gasteiger partial charge in [0.1, 0.15) is 22.1 Å². The van der Waals surface area contributed by atoms with E-state index in [1.54, 1.807) is 6.07 Å². The Labute approximate surface area is 187 Å². The molecule has 0 radical (unpaired) electrons. The average molecular weight is 485 g/mol. The second kappa shape index (κ2) is 8.17. The quantitative estimate of drug-likeness (QED) is 0.634. The predicted molar refractivity (Wildman–Crippen MR) is 118 cm³/mol. The number of carbonyl (C=O) groups excluding carboxylic acids is 1. The van der Waals surface area contributed by atoms with Gasteiger partial charge in [-0.05, 0) is 44.2 Å². The van der Waals surface area contributed by atoms with Gasteiger partial charge >= 0.3 is 0 Å². The second-order valence-corrected chi connectivity index (χ2v) is 11.2. The summed E-state index contributed by atoms with van der Waals surface area (Å²) in [4.78, 5) is 12.4. The monoisotopic (exact) mass is 484 g/mol. The first-order valence-electron chi connectivity index (χ1n) is 9.36. The molecule has 10 nitrogen and oxygen atoms in total. The zero-order valence-corrected chi connectivity index (χ0v) is 19.8. The highest BCUT2D eigenvalue weighted by molar-refractivity contribution is 7.94. The smallest absolute Gasteiger partial charge is 0.265 e. The molecular weight excluding hydrogens is 460 g/mol. The molecule has 12 heteroatoms. The molecule has 1 aliphatic heterocycles. The minimum atomic E-state index is -4.27. The zero-order valence-electron chi connectivity index (χ0n) is 18.2. The van der Waals surface area contributed by atoms with E-state index in [2.05, 4.69) is 4.72 Å². The van der Waals surface area contributed by atoms with Crippen LogP contribution in [0, 0.1) is 5.41 Å². The van der Waals surface area contributed by atoms with Gasteiger partial charge in [0, 0.05) is 6.07 Å². The van der Waals surface area contributed by atoms with E-state index in [1.807, 2.05) is 0 Å². The highest BCUT2D eigenvalue weighted by Crippen LogP contribution is 2.39. The molecule has 0 aliphatic carbocycles. The maximum atomic E-state index is 13.2. The van der Waals surface area contributed by atoms with Gasteiger partial charge in [-0.15, -0.1) is 0 Å². The standard InChI is InChI=1S/C20H24N2O8S2/c1-20(2)12-31(24,25)22(19(20)23)13-6-9-16(29-4)18(10-13)32(26,27)21-15-8-7-14(28-3)11-17(15)30-5/h6-11,21H,12H2,1-5H3. The van der Waals surface area contributed by atoms with Crippen molar-refractivity contribution in [1.82, 2.24) is 0 Å². The lowest BCUT2D eigenvalue weighted by atomic mass is 9.95. The third-order valence-corrected chi connectivity index (χ3v) is 8.32. The maximum absolute atomic E-state index is 13.2. The molecule has 1 aliphatic rings. The molecule has 174 valence electrons. The van der Waals surface area contributed by atoms with Crippen molar-refractivity contribution in [3.8, 4) is 17.2 Å². The third kappa shape index (κ3) is 4.19. The van der Waals surface area contributed by atoms with Crippen molar-refractivity contribution in [2.75, 3.05) is 36.1 Å². The Hall–Kier alpha value is -2.99. The highest BCUT2D eigenvalue weighted by atomic mass is 32.2. The molecule has 0 bridgehead atoms. The number of carbonyl (C=O) groups is 1. The van der Waals surface area contributed by atoms with Crippen molar-refractivity contribution in [3.63, 3.8) is 0 Å². The van der Waals surface area contributed by atoms with Crippen LogP contribution in [0.1, 0.15) is 13.8 Å². The van der Waals surface area contributed by atoms with E-state index in [-0.39, 0.29) is 33.5 Å². The van der Waals surface area contributed by atoms with Gasteiger partial charge in [-0.1, -0.05) is 0 Å². The fourth-order valence-corrected chi connectivity index (χ4v) is 6.71. The van der Waals surface area contributed by atoms with Crippen molar-refractivity contribution in [1.29, 1.82) is 0 Å². The fraction of sp³-hybridized carbons (Fsp3) is 0.350. The number of nitrogens with one attached hydrogen (secondary N) is 1. The molecule has 0 saturated carbocycles. The lowest BCUT2D eigenvalue weighted by molar-refractivity contribution is -0.123. The van der Waals surface area contributed by atoms with Crippen LogP contribution >= 0.6 is 0 Å². The lowest BCUT2D eigenvalue weighted by Crippen LogP contribution is -2.33. The summed E-state index contributed by atoms with van der Waals surface area (Å²) in [7, 11) is -4.12. The van der Waals surface area contributed by atoms with Gasteiger partial charge in [-0.2, -0.15) is 0 Å². The lowest BCUT2D eigenvalue weighted by Gasteiger charge is -2.20. The van der Waals surface area contributed by atoms with Crippen LogP contribution in [0.15, 0.2) is 41.3 Å². The first-order valence-corrected chi connectivity index (χ1v) is 12.5. The Morgan fingerprint density at radius 2 is 1.62 bits per heavy atom. The Bertz CT molecular complexity index is 1270. The van der Waals surface area contributed by atoms with Crippen LogP contribution in [0.25, 0.3) is 0 Å². The molecule has 1 amide bonds. The molecule has 1 heterocycles. The van der Waals surface area contributed by atoms with Gasteiger partial charge in [0.2, 0.25) is 15.9 Å². The average Bonchev–Trinajstić information content (AvgIpc) is 2.89. The summed E-state index contributed by atoms with van der Waals surface area (Å²) in [6.07, 6.45) is 0. The number of ether oxygens (including phenoxy) is 3. The maximum Gasteiger partial charge on any atom is 0.265 e. The highest BCUT2D eigenvalue weighted by Gasteiger charge is 2.50. The number of nitrogens with zero attached hydrogens (tertiary/aromatic N) is 1. The predicted octanol–water partition coefficient (Wildman–Crippen LogP) is 2.22. The molecule has 1 fully saturated rings. The molecule has 0 spiro atoms. The zero-order chi connectivity index (χ0) is 23.9. The van der Waals surface area contributed by atoms with Crippen molar-refractivity contribution in [2.24, 2.45) is 5.41 Å². The van der Waals surface area contributed by atoms with E-state index in [9.17, 15) is 21.6 Å². The van der Waals surface area contributed by atoms with Crippen LogP contribution < -0.4 is 23.2 Å². The number of rotatable bonds is 7. The SMILES string of the molecule is COc1ccc(NS(=O)(=O)c2cc(N3C(=O)C(C)(C)CS3(=O)=O)ccc2OC)c(OC)c1. The van der Waals surface area contributed by atoms with E-state index in [0.29, 0.717) is 10.1 Å². The number of amides is 1. The van der Waals surface area contributed by atoms with Crippen molar-refractivity contribution in [2.45, 2.75) is 18.7 Å². The normalized spacial score (nSPS) is 17.2. The van der Waals surface area contributed by atoms with Crippen LogP contribution in [0.3, 0.4) is 0 Å². The van der Waals surface area contributed by atoms with E-state index >= 15 is 0 Å². The van der Waals surface area contributed by atoms with Crippen molar-refractivity contribution >= 4 is 37.3 Å². The Morgan fingerprint density at radius 1 is 0.969 bits per heavy atom. The van der Waals surface area contributed by atoms with Gasteiger partial charge in [-0.25, -0.2) is 21.1 Å². The number of anilines is 2. The number of methoxy groups -OCH3 is 3. The van der Waals surface area contributed by atoms with Gasteiger partial charge < -0.3 is 14.2 Å². The third-order valence-electron chi connectivity index (χ3n) is 4.91. The van der Waals surface area contributed by atoms with E-state index in [1.165, 1.54) is 59.4 Å². The molecular formula is C20H24N2O8S2. The second-order valence-electron chi connectivity index (χ2n) is 7.72. The molecule has 0 aromatic heterocycles. The summed E-state index contributed by atoms with van der Waals surface area (Å²) in [6.45, 7) is 3.04. The molecule has 2 aromatic carbocycles. The summed E-state index contributed by atoms with van der Waals surface area (Å²) >= 11 is 0. The molecule has 32 heavy (non-hydrogen) atoms. The van der Waals surface area contributed by atoms with E-state index < -0.39 is 31.4 Å². The summed E-state index contributed by atoms with van der Waals surface area (Å²) in [5, 5.41) is 0. The summed E-state index contributed by atoms with van der Waals surface area (Å²) in [5.74, 6) is -0.381. The first-order chi connectivity index (χ1) is 14.9. The molecule has 2 aromatic rings. The van der Waals surface area contributed by atoms with Gasteiger partial charge in [0.15, 0.2) is 0 Å². The van der Waals surface area contributed by atoms with Crippen LogP contribution in [0.4, 0.5) is 11.4 Å². The van der Waals surface area contributed by atoms with Crippen LogP contribution in [-0.4, -0.2) is 49.8 Å². The van der Waals surface area contributed by atoms with Gasteiger partial charge in [-0.3, -0.25) is 9.52 Å². The van der Waals surface area contributed by atoms with Gasteiger partial charge in [0.25, 0.3) is 10.0 Å². The van der Waals surface area contributed by atoms with E-state index in [0.717, 1.165) is 6.07 Å². The topological polar surface area (TPSA) is 128 Å². The van der Waals surface area contributed by atoms with Crippen molar-refractivity contribution in [3.05, 3.63) is 36.4 Å². The number of hydrogen-bond acceptors (Lipinski definition) is 8. The molecule has 1 saturated heterocycles. The Balaban J connectivity index is 2.09. The largest absolute Gasteiger partial charge is 0.497 e. The Morgan fingerprint density at radius 3 is 2.16 bits per heavy atom. The molecule has 0 atom stereocenters. The van der Waals surface area contributed by atoms with Crippen LogP contribution in [0.2, 0.25) is 0 Å². The summed E-state index contributed by atoms with van der Waals surface area (Å²) in [5.41, 5.74) is -1.10. The number of benzene rings is 2. The minimum Gasteiger partial charge on any atom is -0.497 e. The Kier molecular flexibility index (Phi) is 6.04. The first kappa shape index (κ1) is 23.7.